The van der Waals surface area contributed by atoms with E-state index < -0.39 is 11.8 Å². The molecule has 1 heterocycles. The number of carbonyl (C=O) groups is 1. The van der Waals surface area contributed by atoms with Gasteiger partial charge in [0, 0.05) is 0 Å². The molecule has 0 unspecified atom stereocenters. The molecule has 3 N–H and O–H groups in total. The molecular weight excluding hydrogens is 281 g/mol. The first-order valence-corrected chi connectivity index (χ1v) is 6.39. The maximum atomic E-state index is 13.3. The van der Waals surface area contributed by atoms with E-state index in [1.54, 1.807) is 6.07 Å². The lowest BCUT2D eigenvalue weighted by atomic mass is 10.3. The third-order valence-electron chi connectivity index (χ3n) is 2.14. The number of carbonyl (C=O) groups excluding carboxylic acids is 1. The number of nitrogens with one attached hydrogen (secondary N) is 2. The summed E-state index contributed by atoms with van der Waals surface area (Å²) in [6.45, 7) is -0.242. The van der Waals surface area contributed by atoms with Crippen molar-refractivity contribution in [2.24, 2.45) is 0 Å². The van der Waals surface area contributed by atoms with Gasteiger partial charge in [-0.2, -0.15) is 0 Å². The van der Waals surface area contributed by atoms with E-state index in [1.165, 1.54) is 24.4 Å². The molecule has 0 saturated carbocycles. The third-order valence-corrected chi connectivity index (χ3v) is 2.97. The number of hydrogen-bond donors (Lipinski definition) is 3. The molecule has 1 aromatic heterocycles. The van der Waals surface area contributed by atoms with Crippen molar-refractivity contribution in [3.05, 3.63) is 41.2 Å². The smallest absolute Gasteiger partial charge is 0.325 e. The summed E-state index contributed by atoms with van der Waals surface area (Å²) in [5, 5.41) is 13.8. The lowest BCUT2D eigenvalue weighted by Crippen LogP contribution is -2.19. The summed E-state index contributed by atoms with van der Waals surface area (Å²) in [6.07, 6.45) is 1.48. The first kappa shape index (κ1) is 14.0. The number of nitrogens with zero attached hydrogens (tertiary/aromatic N) is 1. The van der Waals surface area contributed by atoms with Crippen molar-refractivity contribution in [3.63, 3.8) is 0 Å². The Morgan fingerprint density at radius 1 is 1.40 bits per heavy atom. The van der Waals surface area contributed by atoms with Gasteiger partial charge in [-0.3, -0.25) is 5.32 Å². The fourth-order valence-corrected chi connectivity index (χ4v) is 2.02. The third kappa shape index (κ3) is 3.78. The van der Waals surface area contributed by atoms with Crippen LogP contribution in [0, 0.1) is 17.7 Å². The van der Waals surface area contributed by atoms with Crippen molar-refractivity contribution in [1.29, 1.82) is 0 Å². The second kappa shape index (κ2) is 6.65. The molecular formula is C13H10FN3O2S. The van der Waals surface area contributed by atoms with Gasteiger partial charge in [0.2, 0.25) is 0 Å². The van der Waals surface area contributed by atoms with E-state index in [-0.39, 0.29) is 12.3 Å². The maximum Gasteiger partial charge on any atom is 0.325 e. The SMILES string of the molecule is O=C(Nc1ncc(C#CCO)s1)Nc1ccccc1F. The van der Waals surface area contributed by atoms with E-state index in [4.69, 9.17) is 5.11 Å². The number of anilines is 2. The van der Waals surface area contributed by atoms with Crippen LogP contribution in [0.25, 0.3) is 0 Å². The number of aliphatic hydroxyl groups is 1. The van der Waals surface area contributed by atoms with Crippen LogP contribution in [0.15, 0.2) is 30.5 Å². The van der Waals surface area contributed by atoms with Gasteiger partial charge in [-0.05, 0) is 12.1 Å². The van der Waals surface area contributed by atoms with E-state index in [0.29, 0.717) is 10.0 Å². The number of urea groups is 1. The molecule has 2 amide bonds. The minimum Gasteiger partial charge on any atom is -0.384 e. The molecule has 2 rings (SSSR count). The predicted octanol–water partition coefficient (Wildman–Crippen LogP) is 2.27. The zero-order valence-electron chi connectivity index (χ0n) is 10.2. The maximum absolute atomic E-state index is 13.3. The van der Waals surface area contributed by atoms with Crippen LogP contribution in [0.1, 0.15) is 4.88 Å². The molecule has 0 spiro atoms. The van der Waals surface area contributed by atoms with Crippen molar-refractivity contribution in [3.8, 4) is 11.8 Å². The lowest BCUT2D eigenvalue weighted by molar-refractivity contribution is 0.262. The Balaban J connectivity index is 1.98. The van der Waals surface area contributed by atoms with Crippen molar-refractivity contribution in [1.82, 2.24) is 4.98 Å². The van der Waals surface area contributed by atoms with Crippen molar-refractivity contribution >= 4 is 28.2 Å². The number of benzene rings is 1. The Labute approximate surface area is 118 Å². The average molecular weight is 291 g/mol. The first-order valence-electron chi connectivity index (χ1n) is 5.57. The number of hydrogen-bond acceptors (Lipinski definition) is 4. The minimum atomic E-state index is -0.592. The monoisotopic (exact) mass is 291 g/mol. The average Bonchev–Trinajstić information content (AvgIpc) is 2.86. The Morgan fingerprint density at radius 3 is 2.95 bits per heavy atom. The Morgan fingerprint density at radius 2 is 2.20 bits per heavy atom. The largest absolute Gasteiger partial charge is 0.384 e. The molecule has 0 saturated heterocycles. The highest BCUT2D eigenvalue weighted by Gasteiger charge is 2.08. The van der Waals surface area contributed by atoms with Gasteiger partial charge < -0.3 is 10.4 Å². The summed E-state index contributed by atoms with van der Waals surface area (Å²) in [4.78, 5) is 16.2. The summed E-state index contributed by atoms with van der Waals surface area (Å²) in [6, 6.07) is 5.26. The molecule has 0 fully saturated rings. The van der Waals surface area contributed by atoms with E-state index in [0.717, 1.165) is 11.3 Å². The van der Waals surface area contributed by atoms with Crippen molar-refractivity contribution < 1.29 is 14.3 Å². The van der Waals surface area contributed by atoms with Crippen LogP contribution in [-0.2, 0) is 0 Å². The Kier molecular flexibility index (Phi) is 4.65. The molecule has 1 aromatic carbocycles. The lowest BCUT2D eigenvalue weighted by Gasteiger charge is -2.05. The standard InChI is InChI=1S/C13H10FN3O2S/c14-10-5-1-2-6-11(10)16-12(19)17-13-15-8-9(20-13)4-3-7-18/h1-2,5-6,8,18H,7H2,(H2,15,16,17,19). The van der Waals surface area contributed by atoms with Gasteiger partial charge in [-0.15, -0.1) is 0 Å². The molecule has 0 atom stereocenters. The van der Waals surface area contributed by atoms with Gasteiger partial charge in [0.05, 0.1) is 16.8 Å². The van der Waals surface area contributed by atoms with Crippen LogP contribution < -0.4 is 10.6 Å². The van der Waals surface area contributed by atoms with Crippen molar-refractivity contribution in [2.45, 2.75) is 0 Å². The first-order chi connectivity index (χ1) is 9.69. The molecule has 0 bridgehead atoms. The zero-order chi connectivity index (χ0) is 14.4. The summed E-state index contributed by atoms with van der Waals surface area (Å²) in [5.41, 5.74) is 0.0850. The quantitative estimate of drug-likeness (QED) is 0.743. The van der Waals surface area contributed by atoms with Gasteiger partial charge in [0.25, 0.3) is 0 Å². The minimum absolute atomic E-state index is 0.0850. The van der Waals surface area contributed by atoms with E-state index in [1.807, 2.05) is 0 Å². The van der Waals surface area contributed by atoms with E-state index in [9.17, 15) is 9.18 Å². The highest BCUT2D eigenvalue weighted by Crippen LogP contribution is 2.18. The fraction of sp³-hybridized carbons (Fsp3) is 0.0769. The molecule has 7 heteroatoms. The summed E-state index contributed by atoms with van der Waals surface area (Å²) >= 11 is 1.15. The van der Waals surface area contributed by atoms with Crippen LogP contribution in [0.4, 0.5) is 20.0 Å². The van der Waals surface area contributed by atoms with Crippen LogP contribution in [0.3, 0.4) is 0 Å². The number of amides is 2. The Bertz CT molecular complexity index is 675. The summed E-state index contributed by atoms with van der Waals surface area (Å²) < 4.78 is 13.3. The van der Waals surface area contributed by atoms with Gasteiger partial charge in [0.1, 0.15) is 12.4 Å². The highest BCUT2D eigenvalue weighted by atomic mass is 32.1. The van der Waals surface area contributed by atoms with E-state index in [2.05, 4.69) is 27.5 Å². The molecule has 0 radical (unpaired) electrons. The number of aliphatic hydroxyl groups excluding tert-OH is 1. The Hall–Kier alpha value is -2.43. The molecule has 0 aliphatic rings. The molecule has 2 aromatic rings. The van der Waals surface area contributed by atoms with Gasteiger partial charge >= 0.3 is 6.03 Å². The predicted molar refractivity (Wildman–Crippen MR) is 75.1 cm³/mol. The topological polar surface area (TPSA) is 74.2 Å². The second-order valence-electron chi connectivity index (χ2n) is 3.55. The van der Waals surface area contributed by atoms with Crippen molar-refractivity contribution in [2.75, 3.05) is 17.2 Å². The number of halogens is 1. The summed E-state index contributed by atoms with van der Waals surface area (Å²) in [7, 11) is 0. The number of rotatable bonds is 2. The highest BCUT2D eigenvalue weighted by molar-refractivity contribution is 7.16. The number of thiazole rings is 1. The second-order valence-corrected chi connectivity index (χ2v) is 4.58. The van der Waals surface area contributed by atoms with E-state index >= 15 is 0 Å². The molecule has 5 nitrogen and oxygen atoms in total. The van der Waals surface area contributed by atoms with Crippen LogP contribution in [-0.4, -0.2) is 22.7 Å². The van der Waals surface area contributed by atoms with Gasteiger partial charge in [0.15, 0.2) is 5.13 Å². The normalized spacial score (nSPS) is 9.50. The fourth-order valence-electron chi connectivity index (χ4n) is 1.33. The summed E-state index contributed by atoms with van der Waals surface area (Å²) in [5.74, 6) is 4.63. The molecule has 0 aliphatic heterocycles. The van der Waals surface area contributed by atoms with Gasteiger partial charge in [-0.25, -0.2) is 14.2 Å². The van der Waals surface area contributed by atoms with Gasteiger partial charge in [-0.1, -0.05) is 35.3 Å². The zero-order valence-corrected chi connectivity index (χ0v) is 11.0. The molecule has 0 aliphatic carbocycles. The number of para-hydroxylation sites is 1. The van der Waals surface area contributed by atoms with Crippen LogP contribution in [0.2, 0.25) is 0 Å². The van der Waals surface area contributed by atoms with Crippen LogP contribution >= 0.6 is 11.3 Å². The molecule has 20 heavy (non-hydrogen) atoms. The molecule has 102 valence electrons. The van der Waals surface area contributed by atoms with Crippen LogP contribution in [0.5, 0.6) is 0 Å². The number of aromatic nitrogens is 1.